The summed E-state index contributed by atoms with van der Waals surface area (Å²) in [4.78, 5) is 4.75. The van der Waals surface area contributed by atoms with Gasteiger partial charge in [-0.1, -0.05) is 11.6 Å². The molecule has 0 amide bonds. The maximum atomic E-state index is 12.1. The molecule has 96 valence electrons. The predicted molar refractivity (Wildman–Crippen MR) is 74.1 cm³/mol. The fourth-order valence-corrected chi connectivity index (χ4v) is 3.16. The summed E-state index contributed by atoms with van der Waals surface area (Å²) < 4.78 is 14.1. The molecule has 1 aromatic carbocycles. The van der Waals surface area contributed by atoms with Gasteiger partial charge in [0.15, 0.2) is 0 Å². The van der Waals surface area contributed by atoms with Crippen LogP contribution in [0.3, 0.4) is 0 Å². The van der Waals surface area contributed by atoms with Gasteiger partial charge in [0, 0.05) is 30.4 Å². The van der Waals surface area contributed by atoms with Gasteiger partial charge in [0.05, 0.1) is 20.7 Å². The van der Waals surface area contributed by atoms with Crippen molar-refractivity contribution in [1.82, 2.24) is 9.55 Å². The summed E-state index contributed by atoms with van der Waals surface area (Å²) in [6.07, 6.45) is 3.60. The molecule has 0 bridgehead atoms. The van der Waals surface area contributed by atoms with Gasteiger partial charge < -0.3 is 10.3 Å². The number of rotatable bonds is 4. The van der Waals surface area contributed by atoms with E-state index in [1.54, 1.807) is 24.4 Å². The van der Waals surface area contributed by atoms with Crippen LogP contribution in [0.25, 0.3) is 0 Å². The first-order chi connectivity index (χ1) is 8.58. The molecule has 0 saturated heterocycles. The molecule has 18 heavy (non-hydrogen) atoms. The quantitative estimate of drug-likeness (QED) is 0.876. The van der Waals surface area contributed by atoms with Gasteiger partial charge in [-0.25, -0.2) is 4.98 Å². The topological polar surface area (TPSA) is 60.9 Å². The van der Waals surface area contributed by atoms with Crippen LogP contribution >= 0.6 is 11.6 Å². The van der Waals surface area contributed by atoms with Gasteiger partial charge in [-0.15, -0.1) is 0 Å². The smallest absolute Gasteiger partial charge is 0.105 e. The fourth-order valence-electron chi connectivity index (χ4n) is 1.63. The number of imidazole rings is 1. The standard InChI is InChI=1S/C12H14ClN3OS/c1-9-15-4-5-16(9)6-7-18(17)12-3-2-10(14)8-11(12)13/h2-5,8H,6-7,14H2,1H3. The van der Waals surface area contributed by atoms with Gasteiger partial charge in [-0.3, -0.25) is 4.21 Å². The van der Waals surface area contributed by atoms with Crippen LogP contribution in [0, 0.1) is 6.92 Å². The number of halogens is 1. The Labute approximate surface area is 113 Å². The van der Waals surface area contributed by atoms with E-state index in [-0.39, 0.29) is 0 Å². The number of aromatic nitrogens is 2. The summed E-state index contributed by atoms with van der Waals surface area (Å²) in [7, 11) is -1.13. The molecule has 2 N–H and O–H groups in total. The van der Waals surface area contributed by atoms with Crippen molar-refractivity contribution in [2.24, 2.45) is 0 Å². The molecule has 0 saturated carbocycles. The number of nitrogens with two attached hydrogens (primary N) is 1. The number of anilines is 1. The average molecular weight is 284 g/mol. The Kier molecular flexibility index (Phi) is 4.04. The minimum Gasteiger partial charge on any atom is -0.399 e. The van der Waals surface area contributed by atoms with Crippen molar-refractivity contribution in [2.45, 2.75) is 18.4 Å². The number of benzene rings is 1. The minimum absolute atomic E-state index is 0.454. The molecule has 1 atom stereocenters. The Balaban J connectivity index is 2.06. The van der Waals surface area contributed by atoms with Gasteiger partial charge in [-0.2, -0.15) is 0 Å². The number of nitrogens with zero attached hydrogens (tertiary/aromatic N) is 2. The number of hydrogen-bond donors (Lipinski definition) is 1. The van der Waals surface area contributed by atoms with Crippen molar-refractivity contribution >= 4 is 28.1 Å². The molecule has 1 heterocycles. The van der Waals surface area contributed by atoms with Gasteiger partial charge >= 0.3 is 0 Å². The van der Waals surface area contributed by atoms with E-state index in [0.29, 0.717) is 27.9 Å². The SMILES string of the molecule is Cc1nccn1CCS(=O)c1ccc(N)cc1Cl. The Morgan fingerprint density at radius 3 is 2.89 bits per heavy atom. The second-order valence-corrected chi connectivity index (χ2v) is 5.85. The number of hydrogen-bond acceptors (Lipinski definition) is 3. The summed E-state index contributed by atoms with van der Waals surface area (Å²) in [5.74, 6) is 1.41. The lowest BCUT2D eigenvalue weighted by molar-refractivity contribution is 0.670. The van der Waals surface area contributed by atoms with Crippen molar-refractivity contribution in [1.29, 1.82) is 0 Å². The highest BCUT2D eigenvalue weighted by atomic mass is 35.5. The monoisotopic (exact) mass is 283 g/mol. The maximum Gasteiger partial charge on any atom is 0.105 e. The molecule has 0 aliphatic heterocycles. The zero-order valence-corrected chi connectivity index (χ0v) is 11.5. The van der Waals surface area contributed by atoms with Crippen LogP contribution in [-0.2, 0) is 17.3 Å². The van der Waals surface area contributed by atoms with E-state index in [2.05, 4.69) is 4.98 Å². The summed E-state index contributed by atoms with van der Waals surface area (Å²) >= 11 is 6.02. The van der Waals surface area contributed by atoms with E-state index < -0.39 is 10.8 Å². The predicted octanol–water partition coefficient (Wildman–Crippen LogP) is 2.23. The van der Waals surface area contributed by atoms with Crippen molar-refractivity contribution < 1.29 is 4.21 Å². The lowest BCUT2D eigenvalue weighted by atomic mass is 10.3. The zero-order chi connectivity index (χ0) is 13.1. The first-order valence-corrected chi connectivity index (χ1v) is 7.19. The van der Waals surface area contributed by atoms with Crippen molar-refractivity contribution in [3.05, 3.63) is 41.4 Å². The van der Waals surface area contributed by atoms with E-state index in [0.717, 1.165) is 5.82 Å². The molecule has 0 spiro atoms. The normalized spacial score (nSPS) is 12.6. The molecule has 0 fully saturated rings. The van der Waals surface area contributed by atoms with Gasteiger partial charge in [-0.05, 0) is 25.1 Å². The molecular formula is C12H14ClN3OS. The average Bonchev–Trinajstić information content (AvgIpc) is 2.72. The molecule has 0 radical (unpaired) electrons. The highest BCUT2D eigenvalue weighted by molar-refractivity contribution is 7.85. The van der Waals surface area contributed by atoms with Crippen LogP contribution in [0.2, 0.25) is 5.02 Å². The maximum absolute atomic E-state index is 12.1. The van der Waals surface area contributed by atoms with Crippen molar-refractivity contribution in [2.75, 3.05) is 11.5 Å². The Bertz CT molecular complexity index is 582. The molecule has 0 aliphatic carbocycles. The Hall–Kier alpha value is -1.33. The van der Waals surface area contributed by atoms with E-state index in [4.69, 9.17) is 17.3 Å². The van der Waals surface area contributed by atoms with Crippen LogP contribution in [0.4, 0.5) is 5.69 Å². The van der Waals surface area contributed by atoms with E-state index in [9.17, 15) is 4.21 Å². The van der Waals surface area contributed by atoms with Crippen LogP contribution in [0.5, 0.6) is 0 Å². The van der Waals surface area contributed by atoms with E-state index in [1.165, 1.54) is 0 Å². The molecule has 2 aromatic rings. The summed E-state index contributed by atoms with van der Waals surface area (Å²) in [5, 5.41) is 0.454. The molecule has 6 heteroatoms. The second-order valence-electron chi connectivity index (χ2n) is 3.91. The zero-order valence-electron chi connectivity index (χ0n) is 9.97. The van der Waals surface area contributed by atoms with Gasteiger partial charge in [0.1, 0.15) is 5.82 Å². The van der Waals surface area contributed by atoms with Crippen molar-refractivity contribution in [3.8, 4) is 0 Å². The highest BCUT2D eigenvalue weighted by Gasteiger charge is 2.09. The summed E-state index contributed by atoms with van der Waals surface area (Å²) in [5.41, 5.74) is 6.18. The van der Waals surface area contributed by atoms with Gasteiger partial charge in [0.25, 0.3) is 0 Å². The molecule has 0 aliphatic rings. The number of nitrogen functional groups attached to an aromatic ring is 1. The van der Waals surface area contributed by atoms with E-state index in [1.807, 2.05) is 17.7 Å². The Morgan fingerprint density at radius 2 is 2.28 bits per heavy atom. The molecule has 1 aromatic heterocycles. The minimum atomic E-state index is -1.13. The lowest BCUT2D eigenvalue weighted by Crippen LogP contribution is -2.09. The lowest BCUT2D eigenvalue weighted by Gasteiger charge is -2.07. The third-order valence-electron chi connectivity index (χ3n) is 2.64. The molecular weight excluding hydrogens is 270 g/mol. The number of aryl methyl sites for hydroxylation is 2. The first kappa shape index (κ1) is 13.1. The van der Waals surface area contributed by atoms with Crippen molar-refractivity contribution in [3.63, 3.8) is 0 Å². The van der Waals surface area contributed by atoms with Crippen LogP contribution in [0.1, 0.15) is 5.82 Å². The molecule has 2 rings (SSSR count). The van der Waals surface area contributed by atoms with E-state index >= 15 is 0 Å². The fraction of sp³-hybridized carbons (Fsp3) is 0.250. The molecule has 1 unspecified atom stereocenters. The second kappa shape index (κ2) is 5.54. The third kappa shape index (κ3) is 2.91. The van der Waals surface area contributed by atoms with Crippen LogP contribution in [0.15, 0.2) is 35.5 Å². The third-order valence-corrected chi connectivity index (χ3v) is 4.47. The first-order valence-electron chi connectivity index (χ1n) is 5.49. The van der Waals surface area contributed by atoms with Crippen LogP contribution < -0.4 is 5.73 Å². The molecule has 4 nitrogen and oxygen atoms in total. The largest absolute Gasteiger partial charge is 0.399 e. The van der Waals surface area contributed by atoms with Gasteiger partial charge in [0.2, 0.25) is 0 Å². The van der Waals surface area contributed by atoms with Crippen LogP contribution in [-0.4, -0.2) is 19.5 Å². The summed E-state index contributed by atoms with van der Waals surface area (Å²) in [6.45, 7) is 2.57. The Morgan fingerprint density at radius 1 is 1.50 bits per heavy atom. The highest BCUT2D eigenvalue weighted by Crippen LogP contribution is 2.22. The summed E-state index contributed by atoms with van der Waals surface area (Å²) in [6, 6.07) is 5.05.